The number of benzene rings is 1. The van der Waals surface area contributed by atoms with Crippen LogP contribution in [0.1, 0.15) is 62.7 Å². The summed E-state index contributed by atoms with van der Waals surface area (Å²) in [5, 5.41) is 0. The van der Waals surface area contributed by atoms with Crippen LogP contribution in [-0.2, 0) is 9.53 Å². The molecule has 1 heterocycles. The Hall–Kier alpha value is -2.91. The molecule has 35 heavy (non-hydrogen) atoms. The van der Waals surface area contributed by atoms with Gasteiger partial charge in [-0.05, 0) is 69.8 Å². The number of hydrogen-bond donors (Lipinski definition) is 1. The van der Waals surface area contributed by atoms with E-state index in [1.54, 1.807) is 4.90 Å². The van der Waals surface area contributed by atoms with E-state index < -0.39 is 35.6 Å². The summed E-state index contributed by atoms with van der Waals surface area (Å²) in [4.78, 5) is 37.9. The van der Waals surface area contributed by atoms with Crippen LogP contribution in [0, 0.1) is 23.0 Å². The van der Waals surface area contributed by atoms with Crippen LogP contribution in [0.4, 0.5) is 13.6 Å². The number of halogens is 2. The van der Waals surface area contributed by atoms with E-state index in [0.29, 0.717) is 17.8 Å². The van der Waals surface area contributed by atoms with Crippen LogP contribution in [0.25, 0.3) is 0 Å². The summed E-state index contributed by atoms with van der Waals surface area (Å²) >= 11 is 0. The third kappa shape index (κ3) is 6.82. The first kappa shape index (κ1) is 26.7. The molecule has 3 rings (SSSR count). The molecule has 8 nitrogen and oxygen atoms in total. The molecule has 2 aliphatic rings. The fraction of sp³-hybridized carbons (Fsp3) is 0.640. The van der Waals surface area contributed by atoms with Gasteiger partial charge in [-0.3, -0.25) is 9.59 Å². The Morgan fingerprint density at radius 3 is 2.43 bits per heavy atom. The predicted octanol–water partition coefficient (Wildman–Crippen LogP) is 3.72. The second-order valence-electron chi connectivity index (χ2n) is 10.1. The summed E-state index contributed by atoms with van der Waals surface area (Å²) < 4.78 is 39.5. The van der Waals surface area contributed by atoms with E-state index in [1.165, 1.54) is 7.05 Å². The molecule has 0 aromatic heterocycles. The Balaban J connectivity index is 1.39. The standard InChI is InChI=1S/C25H35F2N3O5/c1-16(2)35-24(33)30-8-6-25(7-9-30)13-17(14-25)5-4-10-34-21-12-19(26)18(11-20(21)27)23(32)29(3)15-22(28)31/h11-12,16-17H,4-10,13-15H2,1-3H3,(H2,28,31). The Labute approximate surface area is 204 Å². The van der Waals surface area contributed by atoms with E-state index in [0.717, 1.165) is 62.2 Å². The maximum Gasteiger partial charge on any atom is 0.410 e. The smallest absolute Gasteiger partial charge is 0.410 e. The number of likely N-dealkylation sites (N-methyl/N-ethyl adjacent to an activating group) is 1. The second kappa shape index (κ2) is 11.2. The fourth-order valence-corrected chi connectivity index (χ4v) is 5.09. The third-order valence-electron chi connectivity index (χ3n) is 6.87. The van der Waals surface area contributed by atoms with E-state index in [9.17, 15) is 23.2 Å². The minimum atomic E-state index is -0.924. The number of likely N-dealkylation sites (tertiary alicyclic amines) is 1. The molecule has 1 aromatic carbocycles. The van der Waals surface area contributed by atoms with Crippen LogP contribution in [0.5, 0.6) is 5.75 Å². The number of carbonyl (C=O) groups excluding carboxylic acids is 3. The topological polar surface area (TPSA) is 102 Å². The molecule has 0 bridgehead atoms. The van der Waals surface area contributed by atoms with Crippen molar-refractivity contribution >= 4 is 17.9 Å². The Kier molecular flexibility index (Phi) is 8.56. The zero-order valence-corrected chi connectivity index (χ0v) is 20.6. The van der Waals surface area contributed by atoms with Gasteiger partial charge in [-0.25, -0.2) is 13.6 Å². The first-order valence-corrected chi connectivity index (χ1v) is 12.1. The number of piperidine rings is 1. The van der Waals surface area contributed by atoms with E-state index in [2.05, 4.69) is 0 Å². The number of primary amides is 1. The highest BCUT2D eigenvalue weighted by Crippen LogP contribution is 2.54. The number of ether oxygens (including phenoxy) is 2. The number of carbonyl (C=O) groups is 3. The van der Waals surface area contributed by atoms with Crippen LogP contribution in [-0.4, -0.2) is 67.1 Å². The van der Waals surface area contributed by atoms with Crippen LogP contribution < -0.4 is 10.5 Å². The Bertz CT molecular complexity index is 939. The molecule has 1 saturated carbocycles. The molecule has 1 aromatic rings. The molecule has 2 fully saturated rings. The summed E-state index contributed by atoms with van der Waals surface area (Å²) in [6, 6.07) is 1.64. The van der Waals surface area contributed by atoms with Gasteiger partial charge in [-0.2, -0.15) is 0 Å². The molecular formula is C25H35F2N3O5. The van der Waals surface area contributed by atoms with Gasteiger partial charge in [0.2, 0.25) is 5.91 Å². The second-order valence-corrected chi connectivity index (χ2v) is 10.1. The molecule has 2 N–H and O–H groups in total. The first-order chi connectivity index (χ1) is 16.5. The van der Waals surface area contributed by atoms with Gasteiger partial charge in [-0.15, -0.1) is 0 Å². The molecule has 0 unspecified atom stereocenters. The lowest BCUT2D eigenvalue weighted by Crippen LogP contribution is -2.49. The molecule has 0 radical (unpaired) electrons. The average Bonchev–Trinajstić information content (AvgIpc) is 2.76. The minimum Gasteiger partial charge on any atom is -0.490 e. The highest BCUT2D eigenvalue weighted by molar-refractivity contribution is 5.96. The van der Waals surface area contributed by atoms with Crippen LogP contribution in [0.15, 0.2) is 12.1 Å². The van der Waals surface area contributed by atoms with Crippen molar-refractivity contribution in [3.63, 3.8) is 0 Å². The summed E-state index contributed by atoms with van der Waals surface area (Å²) in [5.74, 6) is -3.04. The number of nitrogens with two attached hydrogens (primary N) is 1. The molecule has 194 valence electrons. The molecule has 1 aliphatic heterocycles. The Morgan fingerprint density at radius 1 is 1.17 bits per heavy atom. The number of nitrogens with zero attached hydrogens (tertiary/aromatic N) is 2. The minimum absolute atomic E-state index is 0.117. The van der Waals surface area contributed by atoms with Gasteiger partial charge in [-0.1, -0.05) is 0 Å². The van der Waals surface area contributed by atoms with E-state index in [4.69, 9.17) is 15.2 Å². The van der Waals surface area contributed by atoms with Gasteiger partial charge in [0.1, 0.15) is 5.82 Å². The van der Waals surface area contributed by atoms with Gasteiger partial charge < -0.3 is 25.0 Å². The lowest BCUT2D eigenvalue weighted by atomic mass is 9.56. The lowest BCUT2D eigenvalue weighted by molar-refractivity contribution is -0.118. The molecule has 10 heteroatoms. The van der Waals surface area contributed by atoms with Crippen molar-refractivity contribution in [1.29, 1.82) is 0 Å². The highest BCUT2D eigenvalue weighted by Gasteiger charge is 2.46. The molecule has 3 amide bonds. The van der Waals surface area contributed by atoms with Crippen molar-refractivity contribution in [1.82, 2.24) is 9.80 Å². The van der Waals surface area contributed by atoms with Crippen molar-refractivity contribution in [3.05, 3.63) is 29.3 Å². The number of rotatable bonds is 9. The first-order valence-electron chi connectivity index (χ1n) is 12.1. The van der Waals surface area contributed by atoms with Gasteiger partial charge in [0.15, 0.2) is 11.6 Å². The predicted molar refractivity (Wildman–Crippen MR) is 125 cm³/mol. The normalized spacial score (nSPS) is 17.3. The lowest BCUT2D eigenvalue weighted by Gasteiger charge is -2.52. The number of amides is 3. The molecular weight excluding hydrogens is 460 g/mol. The summed E-state index contributed by atoms with van der Waals surface area (Å²) in [6.07, 6.45) is 5.47. The van der Waals surface area contributed by atoms with Crippen molar-refractivity contribution in [3.8, 4) is 5.75 Å². The van der Waals surface area contributed by atoms with Crippen molar-refractivity contribution < 1.29 is 32.6 Å². The quantitative estimate of drug-likeness (QED) is 0.526. The number of hydrogen-bond acceptors (Lipinski definition) is 5. The maximum atomic E-state index is 14.4. The summed E-state index contributed by atoms with van der Waals surface area (Å²) in [6.45, 7) is 4.98. The highest BCUT2D eigenvalue weighted by atomic mass is 19.1. The van der Waals surface area contributed by atoms with Crippen LogP contribution in [0.2, 0.25) is 0 Å². The van der Waals surface area contributed by atoms with E-state index in [1.807, 2.05) is 13.8 Å². The van der Waals surface area contributed by atoms with Gasteiger partial charge in [0.25, 0.3) is 5.91 Å². The van der Waals surface area contributed by atoms with Crippen molar-refractivity contribution in [2.24, 2.45) is 17.1 Å². The monoisotopic (exact) mass is 495 g/mol. The molecule has 0 atom stereocenters. The maximum absolute atomic E-state index is 14.4. The van der Waals surface area contributed by atoms with Crippen molar-refractivity contribution in [2.75, 3.05) is 33.3 Å². The SMILES string of the molecule is CC(C)OC(=O)N1CCC2(CC1)CC(CCCOc1cc(F)c(C(=O)N(C)CC(N)=O)cc1F)C2. The summed E-state index contributed by atoms with van der Waals surface area (Å²) in [7, 11) is 1.28. The van der Waals surface area contributed by atoms with Gasteiger partial charge in [0.05, 0.1) is 24.8 Å². The zero-order valence-electron chi connectivity index (χ0n) is 20.6. The van der Waals surface area contributed by atoms with Gasteiger partial charge in [0, 0.05) is 26.2 Å². The fourth-order valence-electron chi connectivity index (χ4n) is 5.09. The Morgan fingerprint density at radius 2 is 1.83 bits per heavy atom. The largest absolute Gasteiger partial charge is 0.490 e. The molecule has 1 aliphatic carbocycles. The van der Waals surface area contributed by atoms with E-state index in [-0.39, 0.29) is 24.6 Å². The third-order valence-corrected chi connectivity index (χ3v) is 6.87. The molecule has 1 saturated heterocycles. The van der Waals surface area contributed by atoms with Crippen molar-refractivity contribution in [2.45, 2.75) is 58.5 Å². The average molecular weight is 496 g/mol. The zero-order chi connectivity index (χ0) is 25.8. The summed E-state index contributed by atoms with van der Waals surface area (Å²) in [5.41, 5.74) is 4.86. The van der Waals surface area contributed by atoms with Crippen LogP contribution >= 0.6 is 0 Å². The van der Waals surface area contributed by atoms with E-state index >= 15 is 0 Å². The molecule has 1 spiro atoms. The van der Waals surface area contributed by atoms with Gasteiger partial charge >= 0.3 is 6.09 Å². The van der Waals surface area contributed by atoms with Crippen LogP contribution in [0.3, 0.4) is 0 Å².